The predicted octanol–water partition coefficient (Wildman–Crippen LogP) is 9.20. The van der Waals surface area contributed by atoms with Crippen molar-refractivity contribution in [2.24, 2.45) is 0 Å². The van der Waals surface area contributed by atoms with Crippen LogP contribution >= 0.6 is 15.9 Å². The van der Waals surface area contributed by atoms with Gasteiger partial charge in [-0.25, -0.2) is 9.97 Å². The SMILES string of the molecule is Brc1cc(-c2ccncc2)cc(-c2cc(-c3ccc4oc5ccccc5c4c3)nc(-c3ccccc3)n2)c1. The van der Waals surface area contributed by atoms with Gasteiger partial charge >= 0.3 is 0 Å². The van der Waals surface area contributed by atoms with E-state index in [-0.39, 0.29) is 0 Å². The van der Waals surface area contributed by atoms with Gasteiger partial charge in [0.1, 0.15) is 11.2 Å². The van der Waals surface area contributed by atoms with Crippen LogP contribution in [0.1, 0.15) is 0 Å². The van der Waals surface area contributed by atoms with E-state index in [1.807, 2.05) is 79.1 Å². The van der Waals surface area contributed by atoms with E-state index in [1.165, 1.54) is 0 Å². The molecule has 3 aromatic heterocycles. The van der Waals surface area contributed by atoms with Gasteiger partial charge < -0.3 is 4.42 Å². The molecule has 0 atom stereocenters. The van der Waals surface area contributed by atoms with Crippen LogP contribution in [-0.4, -0.2) is 15.0 Å². The minimum absolute atomic E-state index is 0.681. The Morgan fingerprint density at radius 3 is 2.05 bits per heavy atom. The summed E-state index contributed by atoms with van der Waals surface area (Å²) in [7, 11) is 0. The lowest BCUT2D eigenvalue weighted by Crippen LogP contribution is -1.96. The second-order valence-corrected chi connectivity index (χ2v) is 10.0. The minimum atomic E-state index is 0.681. The van der Waals surface area contributed by atoms with E-state index in [2.05, 4.69) is 63.4 Å². The molecule has 7 rings (SSSR count). The van der Waals surface area contributed by atoms with Crippen molar-refractivity contribution in [2.45, 2.75) is 0 Å². The van der Waals surface area contributed by atoms with Crippen molar-refractivity contribution in [2.75, 3.05) is 0 Å². The third-order valence-electron chi connectivity index (χ3n) is 6.64. The highest BCUT2D eigenvalue weighted by Gasteiger charge is 2.14. The Bertz CT molecular complexity index is 1930. The summed E-state index contributed by atoms with van der Waals surface area (Å²) in [5.41, 5.74) is 8.61. The molecule has 0 saturated heterocycles. The molecule has 0 unspecified atom stereocenters. The molecule has 0 aliphatic heterocycles. The van der Waals surface area contributed by atoms with Gasteiger partial charge in [0, 0.05) is 44.3 Å². The molecule has 0 fully saturated rings. The molecule has 38 heavy (non-hydrogen) atoms. The van der Waals surface area contributed by atoms with Crippen molar-refractivity contribution < 1.29 is 4.42 Å². The van der Waals surface area contributed by atoms with Crippen LogP contribution in [0.25, 0.3) is 67.0 Å². The molecule has 4 aromatic carbocycles. The van der Waals surface area contributed by atoms with Crippen LogP contribution < -0.4 is 0 Å². The predicted molar refractivity (Wildman–Crippen MR) is 157 cm³/mol. The van der Waals surface area contributed by atoms with Crippen LogP contribution in [0.5, 0.6) is 0 Å². The Morgan fingerprint density at radius 2 is 1.21 bits per heavy atom. The fraction of sp³-hybridized carbons (Fsp3) is 0. The first kappa shape index (κ1) is 22.6. The van der Waals surface area contributed by atoms with E-state index < -0.39 is 0 Å². The Kier molecular flexibility index (Phi) is 5.56. The number of rotatable bonds is 4. The molecule has 4 nitrogen and oxygen atoms in total. The molecule has 0 amide bonds. The van der Waals surface area contributed by atoms with Crippen molar-refractivity contribution in [3.05, 3.63) is 126 Å². The maximum absolute atomic E-state index is 6.06. The molecule has 0 aliphatic rings. The minimum Gasteiger partial charge on any atom is -0.456 e. The second kappa shape index (κ2) is 9.36. The Balaban J connectivity index is 1.43. The molecule has 0 saturated carbocycles. The molecule has 0 aliphatic carbocycles. The van der Waals surface area contributed by atoms with Crippen molar-refractivity contribution in [3.63, 3.8) is 0 Å². The smallest absolute Gasteiger partial charge is 0.160 e. The van der Waals surface area contributed by atoms with Gasteiger partial charge in [0.05, 0.1) is 11.4 Å². The second-order valence-electron chi connectivity index (χ2n) is 9.10. The largest absolute Gasteiger partial charge is 0.456 e. The van der Waals surface area contributed by atoms with E-state index in [0.29, 0.717) is 5.82 Å². The van der Waals surface area contributed by atoms with Gasteiger partial charge in [0.2, 0.25) is 0 Å². The Morgan fingerprint density at radius 1 is 0.500 bits per heavy atom. The van der Waals surface area contributed by atoms with Gasteiger partial charge in [-0.2, -0.15) is 0 Å². The third kappa shape index (κ3) is 4.17. The summed E-state index contributed by atoms with van der Waals surface area (Å²) >= 11 is 3.71. The van der Waals surface area contributed by atoms with Crippen molar-refractivity contribution in [3.8, 4) is 45.0 Å². The lowest BCUT2D eigenvalue weighted by Gasteiger charge is -2.11. The van der Waals surface area contributed by atoms with Gasteiger partial charge in [-0.15, -0.1) is 0 Å². The normalized spacial score (nSPS) is 11.3. The van der Waals surface area contributed by atoms with Crippen LogP contribution in [0.15, 0.2) is 130 Å². The van der Waals surface area contributed by atoms with Crippen LogP contribution in [0, 0.1) is 0 Å². The molecule has 0 spiro atoms. The molecular weight excluding hydrogens is 534 g/mol. The summed E-state index contributed by atoms with van der Waals surface area (Å²) < 4.78 is 7.04. The standard InChI is InChI=1S/C33H20BrN3O/c34-26-17-24(21-12-14-35-15-13-21)16-25(18-26)30-20-29(36-33(37-30)22-6-2-1-3-7-22)23-10-11-32-28(19-23)27-8-4-5-9-31(27)38-32/h1-20H. The number of furan rings is 1. The average molecular weight is 554 g/mol. The summed E-state index contributed by atoms with van der Waals surface area (Å²) in [4.78, 5) is 14.2. The zero-order valence-corrected chi connectivity index (χ0v) is 21.8. The number of halogens is 1. The van der Waals surface area contributed by atoms with E-state index in [4.69, 9.17) is 14.4 Å². The zero-order valence-electron chi connectivity index (χ0n) is 20.2. The number of benzene rings is 4. The average Bonchev–Trinajstić information content (AvgIpc) is 3.35. The molecule has 0 N–H and O–H groups in total. The maximum atomic E-state index is 6.06. The third-order valence-corrected chi connectivity index (χ3v) is 7.10. The van der Waals surface area contributed by atoms with Gasteiger partial charge in [0.25, 0.3) is 0 Å². The fourth-order valence-corrected chi connectivity index (χ4v) is 5.29. The monoisotopic (exact) mass is 553 g/mol. The molecule has 0 radical (unpaired) electrons. The first-order chi connectivity index (χ1) is 18.7. The highest BCUT2D eigenvalue weighted by molar-refractivity contribution is 9.10. The number of hydrogen-bond acceptors (Lipinski definition) is 4. The van der Waals surface area contributed by atoms with Crippen LogP contribution in [0.3, 0.4) is 0 Å². The maximum Gasteiger partial charge on any atom is 0.160 e. The van der Waals surface area contributed by atoms with Crippen LogP contribution in [0.4, 0.5) is 0 Å². The van der Waals surface area contributed by atoms with Gasteiger partial charge in [-0.1, -0.05) is 64.5 Å². The molecule has 3 heterocycles. The van der Waals surface area contributed by atoms with Gasteiger partial charge in [-0.3, -0.25) is 4.98 Å². The molecule has 5 heteroatoms. The van der Waals surface area contributed by atoms with Gasteiger partial charge in [-0.05, 0) is 71.8 Å². The lowest BCUT2D eigenvalue weighted by molar-refractivity contribution is 0.669. The molecule has 180 valence electrons. The van der Waals surface area contributed by atoms with Crippen molar-refractivity contribution in [1.82, 2.24) is 15.0 Å². The van der Waals surface area contributed by atoms with Crippen LogP contribution in [0.2, 0.25) is 0 Å². The van der Waals surface area contributed by atoms with Crippen molar-refractivity contribution in [1.29, 1.82) is 0 Å². The summed E-state index contributed by atoms with van der Waals surface area (Å²) in [6.07, 6.45) is 3.61. The van der Waals surface area contributed by atoms with E-state index in [1.54, 1.807) is 0 Å². The van der Waals surface area contributed by atoms with Gasteiger partial charge in [0.15, 0.2) is 5.82 Å². The Labute approximate surface area is 227 Å². The summed E-state index contributed by atoms with van der Waals surface area (Å²) in [5.74, 6) is 0.681. The van der Waals surface area contributed by atoms with E-state index >= 15 is 0 Å². The topological polar surface area (TPSA) is 51.8 Å². The number of hydrogen-bond donors (Lipinski definition) is 0. The molecular formula is C33H20BrN3O. The van der Waals surface area contributed by atoms with E-state index in [0.717, 1.165) is 65.6 Å². The number of aromatic nitrogens is 3. The number of para-hydroxylation sites is 1. The number of fused-ring (bicyclic) bond motifs is 3. The highest BCUT2D eigenvalue weighted by Crippen LogP contribution is 2.35. The summed E-state index contributed by atoms with van der Waals surface area (Å²) in [6.45, 7) is 0. The molecule has 0 bridgehead atoms. The van der Waals surface area contributed by atoms with Crippen LogP contribution in [-0.2, 0) is 0 Å². The first-order valence-corrected chi connectivity index (χ1v) is 13.1. The van der Waals surface area contributed by atoms with Crippen molar-refractivity contribution >= 4 is 37.9 Å². The lowest BCUT2D eigenvalue weighted by atomic mass is 10.0. The number of nitrogens with zero attached hydrogens (tertiary/aromatic N) is 3. The number of pyridine rings is 1. The quantitative estimate of drug-likeness (QED) is 0.218. The first-order valence-electron chi connectivity index (χ1n) is 12.3. The van der Waals surface area contributed by atoms with E-state index in [9.17, 15) is 0 Å². The fourth-order valence-electron chi connectivity index (χ4n) is 4.79. The molecule has 7 aromatic rings. The Hall–Kier alpha value is -4.61. The summed E-state index contributed by atoms with van der Waals surface area (Å²) in [5, 5.41) is 2.16. The highest BCUT2D eigenvalue weighted by atomic mass is 79.9. The summed E-state index contributed by atoms with van der Waals surface area (Å²) in [6, 6.07) is 36.9. The zero-order chi connectivity index (χ0) is 25.5.